The van der Waals surface area contributed by atoms with Crippen LogP contribution in [0.5, 0.6) is 5.75 Å². The highest BCUT2D eigenvalue weighted by Crippen LogP contribution is 2.16. The standard InChI is InChI=1S/C19H24N4O2/c1-2-22-10-12-23(13-11-22)18-9-8-16(14-20-18)21-19(24)15-25-17-6-4-3-5-7-17/h3-9,14H,2,10-13,15H2,1H3,(H,21,24). The number of piperazine rings is 1. The lowest BCUT2D eigenvalue weighted by atomic mass is 10.3. The number of carbonyl (C=O) groups is 1. The van der Waals surface area contributed by atoms with Crippen molar-refractivity contribution in [3.63, 3.8) is 0 Å². The van der Waals surface area contributed by atoms with Gasteiger partial charge in [-0.3, -0.25) is 4.79 Å². The van der Waals surface area contributed by atoms with E-state index in [2.05, 4.69) is 27.0 Å². The number of hydrogen-bond acceptors (Lipinski definition) is 5. The summed E-state index contributed by atoms with van der Waals surface area (Å²) in [4.78, 5) is 21.1. The first-order chi connectivity index (χ1) is 12.2. The largest absolute Gasteiger partial charge is 0.484 e. The van der Waals surface area contributed by atoms with Crippen LogP contribution in [0.4, 0.5) is 11.5 Å². The Morgan fingerprint density at radius 2 is 1.88 bits per heavy atom. The number of pyridine rings is 1. The Bertz CT molecular complexity index is 668. The van der Waals surface area contributed by atoms with Gasteiger partial charge in [0.25, 0.3) is 5.91 Å². The maximum Gasteiger partial charge on any atom is 0.262 e. The van der Waals surface area contributed by atoms with E-state index in [0.29, 0.717) is 11.4 Å². The van der Waals surface area contributed by atoms with Crippen LogP contribution in [-0.2, 0) is 4.79 Å². The van der Waals surface area contributed by atoms with E-state index in [1.165, 1.54) is 0 Å². The van der Waals surface area contributed by atoms with Crippen LogP contribution in [0.3, 0.4) is 0 Å². The highest BCUT2D eigenvalue weighted by molar-refractivity contribution is 5.91. The molecule has 0 spiro atoms. The fourth-order valence-electron chi connectivity index (χ4n) is 2.80. The zero-order chi connectivity index (χ0) is 17.5. The minimum atomic E-state index is -0.199. The number of anilines is 2. The van der Waals surface area contributed by atoms with Gasteiger partial charge in [-0.2, -0.15) is 0 Å². The molecule has 1 saturated heterocycles. The number of amides is 1. The summed E-state index contributed by atoms with van der Waals surface area (Å²) in [6.45, 7) is 7.35. The molecule has 0 atom stereocenters. The normalized spacial score (nSPS) is 15.0. The second kappa shape index (κ2) is 8.48. The van der Waals surface area contributed by atoms with Crippen molar-refractivity contribution in [3.05, 3.63) is 48.7 Å². The van der Waals surface area contributed by atoms with E-state index in [9.17, 15) is 4.79 Å². The van der Waals surface area contributed by atoms with Gasteiger partial charge in [0.05, 0.1) is 11.9 Å². The second-order valence-corrected chi connectivity index (χ2v) is 5.98. The van der Waals surface area contributed by atoms with Gasteiger partial charge in [0, 0.05) is 26.2 Å². The quantitative estimate of drug-likeness (QED) is 0.874. The molecular formula is C19H24N4O2. The van der Waals surface area contributed by atoms with Gasteiger partial charge in [0.15, 0.2) is 6.61 Å². The Morgan fingerprint density at radius 3 is 2.52 bits per heavy atom. The molecule has 1 fully saturated rings. The highest BCUT2D eigenvalue weighted by Gasteiger charge is 2.16. The van der Waals surface area contributed by atoms with E-state index in [1.807, 2.05) is 42.5 Å². The molecule has 1 aromatic heterocycles. The molecule has 132 valence electrons. The van der Waals surface area contributed by atoms with Crippen LogP contribution in [0.2, 0.25) is 0 Å². The minimum absolute atomic E-state index is 0.0231. The molecule has 1 aromatic carbocycles. The van der Waals surface area contributed by atoms with E-state index in [4.69, 9.17) is 4.74 Å². The number of nitrogens with one attached hydrogen (secondary N) is 1. The summed E-state index contributed by atoms with van der Waals surface area (Å²) in [7, 11) is 0. The molecule has 0 unspecified atom stereocenters. The van der Waals surface area contributed by atoms with Crippen molar-refractivity contribution in [2.24, 2.45) is 0 Å². The number of likely N-dealkylation sites (N-methyl/N-ethyl adjacent to an activating group) is 1. The van der Waals surface area contributed by atoms with Gasteiger partial charge in [-0.25, -0.2) is 4.98 Å². The molecule has 0 bridgehead atoms. The van der Waals surface area contributed by atoms with Crippen molar-refractivity contribution in [2.75, 3.05) is 49.5 Å². The molecular weight excluding hydrogens is 316 g/mol. The first-order valence-electron chi connectivity index (χ1n) is 8.65. The van der Waals surface area contributed by atoms with E-state index >= 15 is 0 Å². The van der Waals surface area contributed by atoms with Gasteiger partial charge in [0.1, 0.15) is 11.6 Å². The molecule has 2 aromatic rings. The summed E-state index contributed by atoms with van der Waals surface area (Å²) in [6.07, 6.45) is 1.70. The SMILES string of the molecule is CCN1CCN(c2ccc(NC(=O)COc3ccccc3)cn2)CC1. The van der Waals surface area contributed by atoms with Crippen LogP contribution < -0.4 is 15.0 Å². The smallest absolute Gasteiger partial charge is 0.262 e. The molecule has 0 aliphatic carbocycles. The minimum Gasteiger partial charge on any atom is -0.484 e. The summed E-state index contributed by atoms with van der Waals surface area (Å²) in [5.74, 6) is 1.43. The van der Waals surface area contributed by atoms with Gasteiger partial charge < -0.3 is 19.9 Å². The fraction of sp³-hybridized carbons (Fsp3) is 0.368. The van der Waals surface area contributed by atoms with Crippen LogP contribution in [0.15, 0.2) is 48.7 Å². The Labute approximate surface area is 148 Å². The fourth-order valence-corrected chi connectivity index (χ4v) is 2.80. The van der Waals surface area contributed by atoms with Gasteiger partial charge in [-0.05, 0) is 30.8 Å². The number of carbonyl (C=O) groups excluding carboxylic acids is 1. The Hall–Kier alpha value is -2.60. The lowest BCUT2D eigenvalue weighted by Gasteiger charge is -2.34. The van der Waals surface area contributed by atoms with Gasteiger partial charge >= 0.3 is 0 Å². The Morgan fingerprint density at radius 1 is 1.12 bits per heavy atom. The summed E-state index contributed by atoms with van der Waals surface area (Å²) < 4.78 is 5.43. The van der Waals surface area contributed by atoms with Crippen molar-refractivity contribution >= 4 is 17.4 Å². The number of rotatable bonds is 6. The first kappa shape index (κ1) is 17.2. The van der Waals surface area contributed by atoms with Gasteiger partial charge in [-0.1, -0.05) is 25.1 Å². The third-order valence-corrected chi connectivity index (χ3v) is 4.29. The molecule has 25 heavy (non-hydrogen) atoms. The van der Waals surface area contributed by atoms with Crippen LogP contribution in [-0.4, -0.2) is 55.1 Å². The molecule has 6 heteroatoms. The zero-order valence-corrected chi connectivity index (χ0v) is 14.5. The van der Waals surface area contributed by atoms with Gasteiger partial charge in [0.2, 0.25) is 0 Å². The van der Waals surface area contributed by atoms with E-state index in [0.717, 1.165) is 38.5 Å². The molecule has 0 saturated carbocycles. The molecule has 6 nitrogen and oxygen atoms in total. The van der Waals surface area contributed by atoms with Crippen molar-refractivity contribution in [1.29, 1.82) is 0 Å². The lowest BCUT2D eigenvalue weighted by Crippen LogP contribution is -2.46. The third kappa shape index (κ3) is 4.93. The summed E-state index contributed by atoms with van der Waals surface area (Å²) >= 11 is 0. The van der Waals surface area contributed by atoms with Crippen molar-refractivity contribution in [2.45, 2.75) is 6.92 Å². The first-order valence-corrected chi connectivity index (χ1v) is 8.65. The summed E-state index contributed by atoms with van der Waals surface area (Å²) in [5.41, 5.74) is 0.678. The molecule has 1 aliphatic rings. The number of nitrogens with zero attached hydrogens (tertiary/aromatic N) is 3. The average Bonchev–Trinajstić information content (AvgIpc) is 2.68. The van der Waals surface area contributed by atoms with Crippen LogP contribution in [0.1, 0.15) is 6.92 Å². The maximum atomic E-state index is 12.0. The third-order valence-electron chi connectivity index (χ3n) is 4.29. The number of aromatic nitrogens is 1. The number of benzene rings is 1. The second-order valence-electron chi connectivity index (χ2n) is 5.98. The van der Waals surface area contributed by atoms with Crippen molar-refractivity contribution in [3.8, 4) is 5.75 Å². The van der Waals surface area contributed by atoms with Gasteiger partial charge in [-0.15, -0.1) is 0 Å². The number of ether oxygens (including phenoxy) is 1. The predicted octanol–water partition coefficient (Wildman–Crippen LogP) is 2.24. The highest BCUT2D eigenvalue weighted by atomic mass is 16.5. The van der Waals surface area contributed by atoms with Crippen LogP contribution in [0, 0.1) is 0 Å². The van der Waals surface area contributed by atoms with Crippen LogP contribution in [0.25, 0.3) is 0 Å². The predicted molar refractivity (Wildman–Crippen MR) is 99.1 cm³/mol. The molecule has 1 aliphatic heterocycles. The van der Waals surface area contributed by atoms with Crippen LogP contribution >= 0.6 is 0 Å². The molecule has 1 amide bonds. The molecule has 0 radical (unpaired) electrons. The van der Waals surface area contributed by atoms with Crippen molar-refractivity contribution in [1.82, 2.24) is 9.88 Å². The Kier molecular flexibility index (Phi) is 5.85. The maximum absolute atomic E-state index is 12.0. The monoisotopic (exact) mass is 340 g/mol. The number of hydrogen-bond donors (Lipinski definition) is 1. The molecule has 2 heterocycles. The topological polar surface area (TPSA) is 57.7 Å². The summed E-state index contributed by atoms with van der Waals surface area (Å²) in [5, 5.41) is 2.81. The average molecular weight is 340 g/mol. The zero-order valence-electron chi connectivity index (χ0n) is 14.5. The number of para-hydroxylation sites is 1. The lowest BCUT2D eigenvalue weighted by molar-refractivity contribution is -0.118. The van der Waals surface area contributed by atoms with E-state index in [1.54, 1.807) is 6.20 Å². The molecule has 1 N–H and O–H groups in total. The van der Waals surface area contributed by atoms with E-state index in [-0.39, 0.29) is 12.5 Å². The summed E-state index contributed by atoms with van der Waals surface area (Å²) in [6, 6.07) is 13.1. The molecule has 3 rings (SSSR count). The van der Waals surface area contributed by atoms with E-state index < -0.39 is 0 Å². The Balaban J connectivity index is 1.48. The van der Waals surface area contributed by atoms with Crippen molar-refractivity contribution < 1.29 is 9.53 Å².